The largest absolute Gasteiger partial charge is 0.497 e. The van der Waals surface area contributed by atoms with Crippen molar-refractivity contribution < 1.29 is 9.47 Å². The zero-order valence-corrected chi connectivity index (χ0v) is 13.6. The molecule has 0 unspecified atom stereocenters. The van der Waals surface area contributed by atoms with Gasteiger partial charge in [-0.15, -0.1) is 0 Å². The van der Waals surface area contributed by atoms with E-state index in [0.717, 1.165) is 36.8 Å². The van der Waals surface area contributed by atoms with Crippen LogP contribution in [0.4, 0.5) is 5.69 Å². The number of benzene rings is 2. The molecule has 1 N–H and O–H groups in total. The van der Waals surface area contributed by atoms with Crippen molar-refractivity contribution >= 4 is 5.69 Å². The summed E-state index contributed by atoms with van der Waals surface area (Å²) in [5.41, 5.74) is 2.34. The maximum atomic E-state index is 5.85. The van der Waals surface area contributed by atoms with E-state index in [1.807, 2.05) is 30.3 Å². The van der Waals surface area contributed by atoms with Gasteiger partial charge in [-0.25, -0.2) is 0 Å². The maximum Gasteiger partial charge on any atom is 0.142 e. The first kappa shape index (κ1) is 16.2. The molecule has 0 spiro atoms. The first-order valence-corrected chi connectivity index (χ1v) is 7.77. The lowest BCUT2D eigenvalue weighted by molar-refractivity contribution is 0.272. The molecule has 0 aliphatic carbocycles. The summed E-state index contributed by atoms with van der Waals surface area (Å²) in [6.45, 7) is 5.91. The zero-order chi connectivity index (χ0) is 15.8. The lowest BCUT2D eigenvalue weighted by atomic mass is 10.1. The lowest BCUT2D eigenvalue weighted by Crippen LogP contribution is -2.09. The molecule has 0 fully saturated rings. The predicted octanol–water partition coefficient (Wildman–Crippen LogP) is 4.38. The zero-order valence-electron chi connectivity index (χ0n) is 13.6. The van der Waals surface area contributed by atoms with Crippen molar-refractivity contribution in [2.24, 2.45) is 5.92 Å². The SMILES string of the molecule is COc1ccc(CCNc2ccccc2OCC(C)C)cc1. The van der Waals surface area contributed by atoms with Gasteiger partial charge in [-0.2, -0.15) is 0 Å². The maximum absolute atomic E-state index is 5.85. The smallest absolute Gasteiger partial charge is 0.142 e. The highest BCUT2D eigenvalue weighted by molar-refractivity contribution is 5.56. The topological polar surface area (TPSA) is 30.5 Å². The van der Waals surface area contributed by atoms with Crippen molar-refractivity contribution in [3.63, 3.8) is 0 Å². The van der Waals surface area contributed by atoms with Gasteiger partial charge in [0.25, 0.3) is 0 Å². The van der Waals surface area contributed by atoms with Gasteiger partial charge < -0.3 is 14.8 Å². The Morgan fingerprint density at radius 1 is 1.00 bits per heavy atom. The second-order valence-electron chi connectivity index (χ2n) is 5.73. The van der Waals surface area contributed by atoms with Gasteiger partial charge >= 0.3 is 0 Å². The van der Waals surface area contributed by atoms with E-state index >= 15 is 0 Å². The molecule has 3 heteroatoms. The predicted molar refractivity (Wildman–Crippen MR) is 92.0 cm³/mol. The third kappa shape index (κ3) is 4.99. The van der Waals surface area contributed by atoms with Gasteiger partial charge in [0.15, 0.2) is 0 Å². The van der Waals surface area contributed by atoms with Gasteiger partial charge in [-0.05, 0) is 42.2 Å². The third-order valence-electron chi connectivity index (χ3n) is 3.35. The molecule has 0 bridgehead atoms. The van der Waals surface area contributed by atoms with Crippen LogP contribution in [0.15, 0.2) is 48.5 Å². The van der Waals surface area contributed by atoms with E-state index in [-0.39, 0.29) is 0 Å². The summed E-state index contributed by atoms with van der Waals surface area (Å²) in [6.07, 6.45) is 0.961. The molecule has 0 saturated heterocycles. The highest BCUT2D eigenvalue weighted by Crippen LogP contribution is 2.24. The first-order chi connectivity index (χ1) is 10.7. The van der Waals surface area contributed by atoms with Crippen molar-refractivity contribution in [1.29, 1.82) is 0 Å². The van der Waals surface area contributed by atoms with Crippen LogP contribution in [0.5, 0.6) is 11.5 Å². The summed E-state index contributed by atoms with van der Waals surface area (Å²) in [5, 5.41) is 3.46. The summed E-state index contributed by atoms with van der Waals surface area (Å²) >= 11 is 0. The molecule has 3 nitrogen and oxygen atoms in total. The van der Waals surface area contributed by atoms with E-state index in [9.17, 15) is 0 Å². The molecule has 2 aromatic rings. The number of nitrogens with one attached hydrogen (secondary N) is 1. The Morgan fingerprint density at radius 2 is 1.73 bits per heavy atom. The van der Waals surface area contributed by atoms with Gasteiger partial charge in [0, 0.05) is 6.54 Å². The molecule has 22 heavy (non-hydrogen) atoms. The fourth-order valence-corrected chi connectivity index (χ4v) is 2.13. The Bertz CT molecular complexity index is 564. The number of para-hydroxylation sites is 2. The minimum absolute atomic E-state index is 0.521. The molecule has 0 atom stereocenters. The van der Waals surface area contributed by atoms with Crippen molar-refractivity contribution in [3.05, 3.63) is 54.1 Å². The molecule has 0 amide bonds. The molecule has 0 saturated carbocycles. The van der Waals surface area contributed by atoms with E-state index in [0.29, 0.717) is 5.92 Å². The van der Waals surface area contributed by atoms with Gasteiger partial charge in [0.05, 0.1) is 19.4 Å². The quantitative estimate of drug-likeness (QED) is 0.784. The van der Waals surface area contributed by atoms with E-state index in [4.69, 9.17) is 9.47 Å². The molecule has 0 radical (unpaired) electrons. The highest BCUT2D eigenvalue weighted by Gasteiger charge is 2.04. The average Bonchev–Trinajstić information content (AvgIpc) is 2.54. The number of hydrogen-bond donors (Lipinski definition) is 1. The second-order valence-corrected chi connectivity index (χ2v) is 5.73. The van der Waals surface area contributed by atoms with Crippen LogP contribution in [0.2, 0.25) is 0 Å². The third-order valence-corrected chi connectivity index (χ3v) is 3.35. The van der Waals surface area contributed by atoms with Crippen LogP contribution in [0, 0.1) is 5.92 Å². The summed E-state index contributed by atoms with van der Waals surface area (Å²) in [4.78, 5) is 0. The summed E-state index contributed by atoms with van der Waals surface area (Å²) in [5.74, 6) is 2.34. The van der Waals surface area contributed by atoms with E-state index < -0.39 is 0 Å². The molecule has 0 aliphatic heterocycles. The van der Waals surface area contributed by atoms with Crippen LogP contribution in [-0.2, 0) is 6.42 Å². The summed E-state index contributed by atoms with van der Waals surface area (Å²) in [6, 6.07) is 16.3. The fraction of sp³-hybridized carbons (Fsp3) is 0.368. The Labute approximate surface area is 133 Å². The van der Waals surface area contributed by atoms with Gasteiger partial charge in [-0.1, -0.05) is 38.1 Å². The Morgan fingerprint density at radius 3 is 2.41 bits per heavy atom. The molecule has 0 heterocycles. The van der Waals surface area contributed by atoms with E-state index in [2.05, 4.69) is 37.4 Å². The van der Waals surface area contributed by atoms with Crippen molar-refractivity contribution in [2.75, 3.05) is 25.6 Å². The van der Waals surface area contributed by atoms with Gasteiger partial charge in [0.2, 0.25) is 0 Å². The Kier molecular flexibility index (Phi) is 6.13. The lowest BCUT2D eigenvalue weighted by Gasteiger charge is -2.14. The molecule has 2 rings (SSSR count). The van der Waals surface area contributed by atoms with Crippen molar-refractivity contribution in [2.45, 2.75) is 20.3 Å². The molecule has 118 valence electrons. The molecular weight excluding hydrogens is 274 g/mol. The fourth-order valence-electron chi connectivity index (χ4n) is 2.13. The number of anilines is 1. The summed E-state index contributed by atoms with van der Waals surface area (Å²) in [7, 11) is 1.69. The Hall–Kier alpha value is -2.16. The molecule has 0 aliphatic rings. The average molecular weight is 299 g/mol. The van der Waals surface area contributed by atoms with Crippen LogP contribution < -0.4 is 14.8 Å². The summed E-state index contributed by atoms with van der Waals surface area (Å²) < 4.78 is 11.0. The first-order valence-electron chi connectivity index (χ1n) is 7.77. The van der Waals surface area contributed by atoms with Gasteiger partial charge in [0.1, 0.15) is 11.5 Å². The van der Waals surface area contributed by atoms with Crippen molar-refractivity contribution in [1.82, 2.24) is 0 Å². The molecule has 0 aromatic heterocycles. The van der Waals surface area contributed by atoms with Crippen LogP contribution in [0.3, 0.4) is 0 Å². The van der Waals surface area contributed by atoms with Gasteiger partial charge in [-0.3, -0.25) is 0 Å². The van der Waals surface area contributed by atoms with Crippen LogP contribution in [-0.4, -0.2) is 20.3 Å². The highest BCUT2D eigenvalue weighted by atomic mass is 16.5. The number of hydrogen-bond acceptors (Lipinski definition) is 3. The molecule has 2 aromatic carbocycles. The van der Waals surface area contributed by atoms with E-state index in [1.165, 1.54) is 5.56 Å². The monoisotopic (exact) mass is 299 g/mol. The van der Waals surface area contributed by atoms with E-state index in [1.54, 1.807) is 7.11 Å². The van der Waals surface area contributed by atoms with Crippen LogP contribution in [0.1, 0.15) is 19.4 Å². The standard InChI is InChI=1S/C19H25NO2/c1-15(2)14-22-19-7-5-4-6-18(19)20-13-12-16-8-10-17(21-3)11-9-16/h4-11,15,20H,12-14H2,1-3H3. The normalized spacial score (nSPS) is 10.5. The second kappa shape index (κ2) is 8.32. The number of ether oxygens (including phenoxy) is 2. The minimum Gasteiger partial charge on any atom is -0.497 e. The molecular formula is C19H25NO2. The van der Waals surface area contributed by atoms with Crippen LogP contribution >= 0.6 is 0 Å². The Balaban J connectivity index is 1.88. The van der Waals surface area contributed by atoms with Crippen LogP contribution in [0.25, 0.3) is 0 Å². The number of methoxy groups -OCH3 is 1. The number of rotatable bonds is 8. The van der Waals surface area contributed by atoms with Crippen molar-refractivity contribution in [3.8, 4) is 11.5 Å². The minimum atomic E-state index is 0.521.